The van der Waals surface area contributed by atoms with Crippen molar-refractivity contribution in [3.8, 4) is 6.07 Å². The van der Waals surface area contributed by atoms with E-state index < -0.39 is 11.4 Å². The molecule has 0 bridgehead atoms. The average Bonchev–Trinajstić information content (AvgIpc) is 3.14. The summed E-state index contributed by atoms with van der Waals surface area (Å²) in [5.74, 6) is -0.160. The molecule has 1 aromatic heterocycles. The van der Waals surface area contributed by atoms with E-state index in [-0.39, 0.29) is 24.4 Å². The average molecular weight is 399 g/mol. The molecule has 1 aliphatic carbocycles. The Hall–Kier alpha value is -2.92. The number of benzene rings is 1. The summed E-state index contributed by atoms with van der Waals surface area (Å²) in [4.78, 5) is 12.0. The first-order valence-corrected chi connectivity index (χ1v) is 9.88. The summed E-state index contributed by atoms with van der Waals surface area (Å²) < 4.78 is 14.9. The molecule has 0 radical (unpaired) electrons. The van der Waals surface area contributed by atoms with Gasteiger partial charge in [0.05, 0.1) is 18.0 Å². The molecule has 1 aromatic carbocycles. The third-order valence-electron chi connectivity index (χ3n) is 5.79. The number of aromatic nitrogens is 2. The molecule has 8 heteroatoms. The molecule has 3 rings (SSSR count). The van der Waals surface area contributed by atoms with Gasteiger partial charge in [0.2, 0.25) is 0 Å². The van der Waals surface area contributed by atoms with Crippen LogP contribution >= 0.6 is 0 Å². The maximum Gasteiger partial charge on any atom is 0.254 e. The van der Waals surface area contributed by atoms with Crippen molar-refractivity contribution >= 4 is 17.4 Å². The highest BCUT2D eigenvalue weighted by molar-refractivity contribution is 5.98. The van der Waals surface area contributed by atoms with Crippen LogP contribution in [0.25, 0.3) is 0 Å². The van der Waals surface area contributed by atoms with E-state index in [4.69, 9.17) is 10.8 Å². The number of nitrogens with one attached hydrogen (secondary N) is 1. The fraction of sp³-hybridized carbons (Fsp3) is 0.476. The number of rotatable bonds is 8. The van der Waals surface area contributed by atoms with Crippen LogP contribution in [0, 0.1) is 23.1 Å². The van der Waals surface area contributed by atoms with Gasteiger partial charge < -0.3 is 16.2 Å². The SMILES string of the molecule is N#CCC1(n2cc(C(N)=O)c(Nc3ccc(F)cc3)n2)CCC(CCCO)CC1. The molecule has 0 saturated heterocycles. The van der Waals surface area contributed by atoms with Crippen molar-refractivity contribution < 1.29 is 14.3 Å². The summed E-state index contributed by atoms with van der Waals surface area (Å²) in [5, 5.41) is 26.1. The lowest BCUT2D eigenvalue weighted by molar-refractivity contribution is 0.0999. The number of hydrogen-bond donors (Lipinski definition) is 3. The van der Waals surface area contributed by atoms with Crippen LogP contribution < -0.4 is 11.1 Å². The van der Waals surface area contributed by atoms with Crippen LogP contribution in [0.2, 0.25) is 0 Å². The molecule has 1 fully saturated rings. The Balaban J connectivity index is 1.86. The Morgan fingerprint density at radius 1 is 1.38 bits per heavy atom. The molecule has 1 heterocycles. The first kappa shape index (κ1) is 20.8. The maximum atomic E-state index is 13.2. The highest BCUT2D eigenvalue weighted by Gasteiger charge is 2.38. The van der Waals surface area contributed by atoms with E-state index in [2.05, 4.69) is 16.5 Å². The molecule has 1 amide bonds. The van der Waals surface area contributed by atoms with Gasteiger partial charge in [-0.15, -0.1) is 0 Å². The summed E-state index contributed by atoms with van der Waals surface area (Å²) in [6.45, 7) is 0.194. The molecule has 2 aromatic rings. The quantitative estimate of drug-likeness (QED) is 0.629. The number of nitriles is 1. The summed E-state index contributed by atoms with van der Waals surface area (Å²) in [6.07, 6.45) is 7.08. The Morgan fingerprint density at radius 2 is 2.07 bits per heavy atom. The van der Waals surface area contributed by atoms with E-state index in [9.17, 15) is 14.4 Å². The monoisotopic (exact) mass is 399 g/mol. The molecule has 154 valence electrons. The number of aliphatic hydroxyl groups is 1. The minimum absolute atomic E-state index is 0.194. The highest BCUT2D eigenvalue weighted by atomic mass is 19.1. The molecule has 0 aliphatic heterocycles. The number of carbonyl (C=O) groups is 1. The Bertz CT molecular complexity index is 879. The van der Waals surface area contributed by atoms with Gasteiger partial charge in [-0.1, -0.05) is 0 Å². The molecular formula is C21H26FN5O2. The molecular weight excluding hydrogens is 373 g/mol. The molecule has 0 atom stereocenters. The van der Waals surface area contributed by atoms with Gasteiger partial charge >= 0.3 is 0 Å². The van der Waals surface area contributed by atoms with Crippen LogP contribution in [-0.4, -0.2) is 27.4 Å². The minimum Gasteiger partial charge on any atom is -0.396 e. The van der Waals surface area contributed by atoms with Gasteiger partial charge in [-0.2, -0.15) is 10.4 Å². The Morgan fingerprint density at radius 3 is 2.66 bits per heavy atom. The first-order chi connectivity index (χ1) is 14.0. The van der Waals surface area contributed by atoms with E-state index in [1.165, 1.54) is 12.1 Å². The van der Waals surface area contributed by atoms with E-state index in [0.29, 0.717) is 17.4 Å². The standard InChI is InChI=1S/C21H26FN5O2/c22-16-3-5-17(6-4-16)25-20-18(19(24)29)14-27(26-20)21(11-12-23)9-7-15(8-10-21)2-1-13-28/h3-6,14-15,28H,1-2,7-11,13H2,(H2,24,29)(H,25,26). The first-order valence-electron chi connectivity index (χ1n) is 9.88. The van der Waals surface area contributed by atoms with Crippen molar-refractivity contribution in [2.75, 3.05) is 11.9 Å². The molecule has 7 nitrogen and oxygen atoms in total. The van der Waals surface area contributed by atoms with Gasteiger partial charge in [-0.25, -0.2) is 4.39 Å². The van der Waals surface area contributed by atoms with E-state index >= 15 is 0 Å². The summed E-state index contributed by atoms with van der Waals surface area (Å²) >= 11 is 0. The number of nitrogens with two attached hydrogens (primary N) is 1. The van der Waals surface area contributed by atoms with E-state index in [1.807, 2.05) is 0 Å². The smallest absolute Gasteiger partial charge is 0.254 e. The number of hydrogen-bond acceptors (Lipinski definition) is 5. The van der Waals surface area contributed by atoms with Crippen LogP contribution in [0.4, 0.5) is 15.9 Å². The van der Waals surface area contributed by atoms with Crippen molar-refractivity contribution in [3.05, 3.63) is 41.8 Å². The molecule has 29 heavy (non-hydrogen) atoms. The number of anilines is 2. The number of aliphatic hydroxyl groups excluding tert-OH is 1. The van der Waals surface area contributed by atoms with Gasteiger partial charge in [0.1, 0.15) is 11.4 Å². The van der Waals surface area contributed by atoms with E-state index in [1.54, 1.807) is 23.0 Å². The topological polar surface area (TPSA) is 117 Å². The molecule has 0 unspecified atom stereocenters. The van der Waals surface area contributed by atoms with E-state index in [0.717, 1.165) is 38.5 Å². The zero-order chi connectivity index (χ0) is 20.9. The van der Waals surface area contributed by atoms with Crippen LogP contribution in [0.3, 0.4) is 0 Å². The van der Waals surface area contributed by atoms with Crippen molar-refractivity contribution in [2.24, 2.45) is 11.7 Å². The normalized spacial score (nSPS) is 21.5. The summed E-state index contributed by atoms with van der Waals surface area (Å²) in [5.41, 5.74) is 5.87. The lowest BCUT2D eigenvalue weighted by atomic mass is 9.74. The zero-order valence-electron chi connectivity index (χ0n) is 16.3. The lowest BCUT2D eigenvalue weighted by Crippen LogP contribution is -2.38. The van der Waals surface area contributed by atoms with Gasteiger partial charge in [-0.3, -0.25) is 9.48 Å². The van der Waals surface area contributed by atoms with Crippen LogP contribution in [-0.2, 0) is 5.54 Å². The van der Waals surface area contributed by atoms with Gasteiger partial charge in [0.25, 0.3) is 5.91 Å². The number of amides is 1. The molecule has 0 spiro atoms. The number of nitrogens with zero attached hydrogens (tertiary/aromatic N) is 3. The van der Waals surface area contributed by atoms with Gasteiger partial charge in [0, 0.05) is 18.5 Å². The second kappa shape index (κ2) is 9.05. The lowest BCUT2D eigenvalue weighted by Gasteiger charge is -2.39. The Labute approximate surface area is 169 Å². The number of carbonyl (C=O) groups excluding carboxylic acids is 1. The fourth-order valence-corrected chi connectivity index (χ4v) is 4.08. The van der Waals surface area contributed by atoms with Crippen LogP contribution in [0.5, 0.6) is 0 Å². The van der Waals surface area contributed by atoms with Crippen molar-refractivity contribution in [2.45, 2.75) is 50.5 Å². The highest BCUT2D eigenvalue weighted by Crippen LogP contribution is 2.42. The second-order valence-corrected chi connectivity index (χ2v) is 7.70. The third-order valence-corrected chi connectivity index (χ3v) is 5.79. The maximum absolute atomic E-state index is 13.2. The largest absolute Gasteiger partial charge is 0.396 e. The van der Waals surface area contributed by atoms with Crippen LogP contribution in [0.1, 0.15) is 55.3 Å². The molecule has 4 N–H and O–H groups in total. The van der Waals surface area contributed by atoms with Crippen LogP contribution in [0.15, 0.2) is 30.5 Å². The van der Waals surface area contributed by atoms with Crippen molar-refractivity contribution in [1.29, 1.82) is 5.26 Å². The zero-order valence-corrected chi connectivity index (χ0v) is 16.3. The number of halogens is 1. The fourth-order valence-electron chi connectivity index (χ4n) is 4.08. The number of primary amides is 1. The Kier molecular flexibility index (Phi) is 6.49. The van der Waals surface area contributed by atoms with Gasteiger partial charge in [-0.05, 0) is 68.7 Å². The van der Waals surface area contributed by atoms with Gasteiger partial charge in [0.15, 0.2) is 5.82 Å². The van der Waals surface area contributed by atoms with Crippen molar-refractivity contribution in [1.82, 2.24) is 9.78 Å². The summed E-state index contributed by atoms with van der Waals surface area (Å²) in [6, 6.07) is 8.00. The third kappa shape index (κ3) is 4.74. The predicted octanol–water partition coefficient (Wildman–Crippen LogP) is 3.44. The predicted molar refractivity (Wildman–Crippen MR) is 107 cm³/mol. The molecule has 1 saturated carbocycles. The summed E-state index contributed by atoms with van der Waals surface area (Å²) in [7, 11) is 0. The molecule has 1 aliphatic rings. The minimum atomic E-state index is -0.621. The van der Waals surface area contributed by atoms with Crippen molar-refractivity contribution in [3.63, 3.8) is 0 Å². The second-order valence-electron chi connectivity index (χ2n) is 7.70.